The lowest BCUT2D eigenvalue weighted by molar-refractivity contribution is -0.134. The Balaban J connectivity index is 1.30. The third-order valence-corrected chi connectivity index (χ3v) is 5.07. The zero-order valence-electron chi connectivity index (χ0n) is 16.9. The minimum atomic E-state index is -0.0527. The van der Waals surface area contributed by atoms with E-state index in [1.165, 1.54) is 0 Å². The molecule has 0 atom stereocenters. The number of hydrogen-bond donors (Lipinski definition) is 0. The summed E-state index contributed by atoms with van der Waals surface area (Å²) in [6, 6.07) is 7.28. The summed E-state index contributed by atoms with van der Waals surface area (Å²) < 4.78 is 16.2. The van der Waals surface area contributed by atoms with Crippen molar-refractivity contribution in [2.45, 2.75) is 25.7 Å². The molecule has 0 saturated carbocycles. The van der Waals surface area contributed by atoms with Gasteiger partial charge in [-0.1, -0.05) is 17.3 Å². The lowest BCUT2D eigenvalue weighted by atomic mass is 9.96. The van der Waals surface area contributed by atoms with Gasteiger partial charge >= 0.3 is 0 Å². The van der Waals surface area contributed by atoms with E-state index in [9.17, 15) is 4.79 Å². The molecule has 1 amide bonds. The summed E-state index contributed by atoms with van der Waals surface area (Å²) in [5.74, 6) is 2.26. The number of hydrogen-bond acceptors (Lipinski definition) is 8. The van der Waals surface area contributed by atoms with Crippen molar-refractivity contribution in [2.24, 2.45) is 0 Å². The van der Waals surface area contributed by atoms with Crippen molar-refractivity contribution in [3.8, 4) is 23.1 Å². The topological polar surface area (TPSA) is 103 Å². The highest BCUT2D eigenvalue weighted by Crippen LogP contribution is 2.28. The van der Waals surface area contributed by atoms with E-state index in [2.05, 4.69) is 20.1 Å². The first-order valence-electron chi connectivity index (χ1n) is 9.80. The van der Waals surface area contributed by atoms with E-state index in [1.54, 1.807) is 36.5 Å². The van der Waals surface area contributed by atoms with Crippen LogP contribution in [0.5, 0.6) is 11.5 Å². The number of benzene rings is 1. The number of ether oxygens (including phenoxy) is 2. The maximum atomic E-state index is 12.5. The summed E-state index contributed by atoms with van der Waals surface area (Å²) >= 11 is 0. The van der Waals surface area contributed by atoms with Crippen LogP contribution >= 0.6 is 0 Å². The van der Waals surface area contributed by atoms with Crippen molar-refractivity contribution < 1.29 is 18.8 Å². The van der Waals surface area contributed by atoms with Gasteiger partial charge in [-0.25, -0.2) is 4.98 Å². The molecule has 156 valence electrons. The van der Waals surface area contributed by atoms with Crippen LogP contribution in [-0.4, -0.2) is 57.7 Å². The minimum Gasteiger partial charge on any atom is -0.493 e. The zero-order valence-corrected chi connectivity index (χ0v) is 16.9. The second-order valence-electron chi connectivity index (χ2n) is 7.10. The number of para-hydroxylation sites is 2. The average Bonchev–Trinajstić information content (AvgIpc) is 3.28. The third-order valence-electron chi connectivity index (χ3n) is 5.07. The standard InChI is InChI=1S/C21H23N5O4/c1-14-11-23-16(12-22-14)21-24-20(25-30-21)15-7-9-26(10-8-15)19(27)13-29-18-6-4-3-5-17(18)28-2/h3-6,11-12,15H,7-10,13H2,1-2H3. The largest absolute Gasteiger partial charge is 0.493 e. The van der Waals surface area contributed by atoms with Crippen LogP contribution in [0.3, 0.4) is 0 Å². The second kappa shape index (κ2) is 8.89. The van der Waals surface area contributed by atoms with Crippen molar-refractivity contribution in [2.75, 3.05) is 26.8 Å². The van der Waals surface area contributed by atoms with Gasteiger partial charge in [-0.3, -0.25) is 9.78 Å². The molecular weight excluding hydrogens is 386 g/mol. The number of aryl methyl sites for hydroxylation is 1. The molecule has 3 aromatic rings. The molecule has 0 N–H and O–H groups in total. The van der Waals surface area contributed by atoms with Gasteiger partial charge in [0.25, 0.3) is 11.8 Å². The van der Waals surface area contributed by atoms with Crippen molar-refractivity contribution >= 4 is 5.91 Å². The molecule has 0 unspecified atom stereocenters. The van der Waals surface area contributed by atoms with Crippen LogP contribution in [-0.2, 0) is 4.79 Å². The fourth-order valence-electron chi connectivity index (χ4n) is 3.36. The number of carbonyl (C=O) groups excluding carboxylic acids is 1. The Bertz CT molecular complexity index is 997. The number of likely N-dealkylation sites (tertiary alicyclic amines) is 1. The fourth-order valence-corrected chi connectivity index (χ4v) is 3.36. The van der Waals surface area contributed by atoms with Gasteiger partial charge in [-0.15, -0.1) is 0 Å². The van der Waals surface area contributed by atoms with Gasteiger partial charge in [0, 0.05) is 25.2 Å². The second-order valence-corrected chi connectivity index (χ2v) is 7.10. The highest BCUT2D eigenvalue weighted by atomic mass is 16.5. The summed E-state index contributed by atoms with van der Waals surface area (Å²) in [5.41, 5.74) is 1.38. The van der Waals surface area contributed by atoms with Crippen LogP contribution in [0.25, 0.3) is 11.6 Å². The Labute approximate surface area is 174 Å². The Morgan fingerprint density at radius 3 is 2.63 bits per heavy atom. The number of aromatic nitrogens is 4. The van der Waals surface area contributed by atoms with Crippen LogP contribution < -0.4 is 9.47 Å². The summed E-state index contributed by atoms with van der Waals surface area (Å²) in [5, 5.41) is 4.11. The number of rotatable bonds is 6. The predicted molar refractivity (Wildman–Crippen MR) is 107 cm³/mol. The molecule has 1 fully saturated rings. The maximum absolute atomic E-state index is 12.5. The van der Waals surface area contributed by atoms with Gasteiger partial charge < -0.3 is 18.9 Å². The number of piperidine rings is 1. The Morgan fingerprint density at radius 2 is 1.93 bits per heavy atom. The lowest BCUT2D eigenvalue weighted by Gasteiger charge is -2.30. The molecule has 30 heavy (non-hydrogen) atoms. The van der Waals surface area contributed by atoms with Crippen LogP contribution in [0.4, 0.5) is 0 Å². The van der Waals surface area contributed by atoms with Crippen molar-refractivity contribution in [3.63, 3.8) is 0 Å². The molecule has 2 aromatic heterocycles. The van der Waals surface area contributed by atoms with Crippen LogP contribution in [0.2, 0.25) is 0 Å². The van der Waals surface area contributed by atoms with Crippen molar-refractivity contribution in [1.29, 1.82) is 0 Å². The first-order chi connectivity index (χ1) is 14.6. The van der Waals surface area contributed by atoms with Gasteiger partial charge in [0.1, 0.15) is 5.69 Å². The monoisotopic (exact) mass is 409 g/mol. The molecule has 4 rings (SSSR count). The first-order valence-corrected chi connectivity index (χ1v) is 9.80. The Morgan fingerprint density at radius 1 is 1.17 bits per heavy atom. The quantitative estimate of drug-likeness (QED) is 0.612. The zero-order chi connectivity index (χ0) is 20.9. The van der Waals surface area contributed by atoms with Gasteiger partial charge in [0.05, 0.1) is 19.0 Å². The smallest absolute Gasteiger partial charge is 0.278 e. The Kier molecular flexibility index (Phi) is 5.87. The van der Waals surface area contributed by atoms with E-state index < -0.39 is 0 Å². The van der Waals surface area contributed by atoms with E-state index in [-0.39, 0.29) is 18.4 Å². The van der Waals surface area contributed by atoms with E-state index in [0.29, 0.717) is 42.0 Å². The number of methoxy groups -OCH3 is 1. The van der Waals surface area contributed by atoms with Crippen LogP contribution in [0, 0.1) is 6.92 Å². The molecular formula is C21H23N5O4. The van der Waals surface area contributed by atoms with Gasteiger partial charge in [0.2, 0.25) is 0 Å². The highest BCUT2D eigenvalue weighted by Gasteiger charge is 2.27. The summed E-state index contributed by atoms with van der Waals surface area (Å²) in [7, 11) is 1.57. The molecule has 3 heterocycles. The van der Waals surface area contributed by atoms with E-state index in [4.69, 9.17) is 14.0 Å². The molecule has 1 aromatic carbocycles. The summed E-state index contributed by atoms with van der Waals surface area (Å²) in [4.78, 5) is 27.3. The molecule has 0 spiro atoms. The van der Waals surface area contributed by atoms with Crippen molar-refractivity contribution in [3.05, 3.63) is 48.2 Å². The predicted octanol–water partition coefficient (Wildman–Crippen LogP) is 2.63. The van der Waals surface area contributed by atoms with Gasteiger partial charge in [-0.2, -0.15) is 4.98 Å². The van der Waals surface area contributed by atoms with Gasteiger partial charge in [0.15, 0.2) is 23.9 Å². The Hall–Kier alpha value is -3.49. The lowest BCUT2D eigenvalue weighted by Crippen LogP contribution is -2.40. The van der Waals surface area contributed by atoms with Gasteiger partial charge in [-0.05, 0) is 31.9 Å². The molecule has 9 nitrogen and oxygen atoms in total. The third kappa shape index (κ3) is 4.40. The summed E-state index contributed by atoms with van der Waals surface area (Å²) in [6.45, 7) is 3.08. The van der Waals surface area contributed by atoms with Crippen molar-refractivity contribution in [1.82, 2.24) is 25.0 Å². The molecule has 9 heteroatoms. The molecule has 1 aliphatic rings. The minimum absolute atomic E-state index is 0.0243. The number of amides is 1. The highest BCUT2D eigenvalue weighted by molar-refractivity contribution is 5.78. The fraction of sp³-hybridized carbons (Fsp3) is 0.381. The van der Waals surface area contributed by atoms with E-state index >= 15 is 0 Å². The SMILES string of the molecule is COc1ccccc1OCC(=O)N1CCC(c2noc(-c3cnc(C)cn3)n2)CC1. The van der Waals surface area contributed by atoms with Crippen LogP contribution in [0.1, 0.15) is 30.3 Å². The van der Waals surface area contributed by atoms with E-state index in [1.807, 2.05) is 19.1 Å². The maximum Gasteiger partial charge on any atom is 0.278 e. The van der Waals surface area contributed by atoms with E-state index in [0.717, 1.165) is 18.5 Å². The number of carbonyl (C=O) groups is 1. The average molecular weight is 409 g/mol. The molecule has 0 bridgehead atoms. The summed E-state index contributed by atoms with van der Waals surface area (Å²) in [6.07, 6.45) is 4.81. The number of nitrogens with zero attached hydrogens (tertiary/aromatic N) is 5. The van der Waals surface area contributed by atoms with Crippen LogP contribution in [0.15, 0.2) is 41.2 Å². The first kappa shape index (κ1) is 19.8. The molecule has 0 radical (unpaired) electrons. The molecule has 1 saturated heterocycles. The molecule has 1 aliphatic heterocycles. The normalized spacial score (nSPS) is 14.5. The molecule has 0 aliphatic carbocycles.